The van der Waals surface area contributed by atoms with Gasteiger partial charge in [-0.1, -0.05) is 0 Å². The molecule has 19 heavy (non-hydrogen) atoms. The zero-order chi connectivity index (χ0) is 13.9. The number of rotatable bonds is 7. The van der Waals surface area contributed by atoms with Crippen molar-refractivity contribution >= 4 is 15.8 Å². The molecule has 0 unspecified atom stereocenters. The van der Waals surface area contributed by atoms with Gasteiger partial charge in [0.1, 0.15) is 4.90 Å². The van der Waals surface area contributed by atoms with Crippen molar-refractivity contribution in [2.24, 2.45) is 5.84 Å². The normalized spacial score (nSPS) is 15.7. The second-order valence-electron chi connectivity index (χ2n) is 4.33. The quantitative estimate of drug-likeness (QED) is 0.547. The molecular weight excluding hydrogens is 268 g/mol. The molecule has 0 saturated heterocycles. The highest BCUT2D eigenvalue weighted by molar-refractivity contribution is 7.89. The maximum Gasteiger partial charge on any atom is 0.247 e. The van der Waals surface area contributed by atoms with E-state index in [1.54, 1.807) is 13.2 Å². The molecule has 1 fully saturated rings. The molecule has 1 aliphatic rings. The van der Waals surface area contributed by atoms with Crippen LogP contribution in [-0.2, 0) is 14.8 Å². The maximum atomic E-state index is 12.6. The van der Waals surface area contributed by atoms with E-state index in [1.807, 2.05) is 0 Å². The fraction of sp³-hybridized carbons (Fsp3) is 0.545. The van der Waals surface area contributed by atoms with E-state index >= 15 is 0 Å². The number of nitrogens with two attached hydrogens (primary N) is 1. The molecule has 1 aromatic heterocycles. The van der Waals surface area contributed by atoms with Crippen molar-refractivity contribution in [2.75, 3.05) is 25.7 Å². The van der Waals surface area contributed by atoms with Crippen LogP contribution in [-0.4, -0.2) is 44.0 Å². The molecule has 1 saturated carbocycles. The average Bonchev–Trinajstić information content (AvgIpc) is 3.23. The monoisotopic (exact) mass is 286 g/mol. The van der Waals surface area contributed by atoms with Gasteiger partial charge in [0.25, 0.3) is 0 Å². The molecule has 7 nitrogen and oxygen atoms in total. The predicted octanol–water partition coefficient (Wildman–Crippen LogP) is 0.167. The van der Waals surface area contributed by atoms with Crippen LogP contribution in [0.3, 0.4) is 0 Å². The van der Waals surface area contributed by atoms with Crippen molar-refractivity contribution in [3.8, 4) is 0 Å². The first-order valence-electron chi connectivity index (χ1n) is 6.03. The van der Waals surface area contributed by atoms with E-state index < -0.39 is 10.0 Å². The Morgan fingerprint density at radius 2 is 2.32 bits per heavy atom. The fourth-order valence-electron chi connectivity index (χ4n) is 1.88. The fourth-order valence-corrected chi connectivity index (χ4v) is 3.65. The Morgan fingerprint density at radius 1 is 1.58 bits per heavy atom. The van der Waals surface area contributed by atoms with Crippen molar-refractivity contribution in [1.82, 2.24) is 9.29 Å². The highest BCUT2D eigenvalue weighted by Crippen LogP contribution is 2.33. The summed E-state index contributed by atoms with van der Waals surface area (Å²) in [5, 5.41) is 0. The smallest absolute Gasteiger partial charge is 0.247 e. The molecule has 2 rings (SSSR count). The molecule has 1 heterocycles. The van der Waals surface area contributed by atoms with Crippen LogP contribution in [0.1, 0.15) is 12.8 Å². The molecule has 0 radical (unpaired) electrons. The second-order valence-corrected chi connectivity index (χ2v) is 6.19. The summed E-state index contributed by atoms with van der Waals surface area (Å²) in [4.78, 5) is 4.03. The van der Waals surface area contributed by atoms with Crippen LogP contribution in [0.25, 0.3) is 0 Å². The van der Waals surface area contributed by atoms with Gasteiger partial charge < -0.3 is 10.2 Å². The predicted molar refractivity (Wildman–Crippen MR) is 70.8 cm³/mol. The minimum absolute atomic E-state index is 0.0611. The number of nitrogen functional groups attached to an aromatic ring is 1. The van der Waals surface area contributed by atoms with Gasteiger partial charge in [0.15, 0.2) is 5.82 Å². The number of hydrogen-bond acceptors (Lipinski definition) is 6. The Bertz CT molecular complexity index is 530. The van der Waals surface area contributed by atoms with Crippen LogP contribution >= 0.6 is 0 Å². The van der Waals surface area contributed by atoms with Gasteiger partial charge in [-0.2, -0.15) is 4.31 Å². The molecule has 0 aliphatic heterocycles. The number of nitrogens with zero attached hydrogens (tertiary/aromatic N) is 2. The molecule has 0 bridgehead atoms. The molecule has 3 N–H and O–H groups in total. The summed E-state index contributed by atoms with van der Waals surface area (Å²) >= 11 is 0. The van der Waals surface area contributed by atoms with Gasteiger partial charge in [-0.25, -0.2) is 19.2 Å². The second kappa shape index (κ2) is 5.83. The third kappa shape index (κ3) is 3.03. The molecule has 0 spiro atoms. The summed E-state index contributed by atoms with van der Waals surface area (Å²) in [6.07, 6.45) is 3.26. The summed E-state index contributed by atoms with van der Waals surface area (Å²) in [5.41, 5.74) is 2.32. The average molecular weight is 286 g/mol. The lowest BCUT2D eigenvalue weighted by Crippen LogP contribution is -2.36. The highest BCUT2D eigenvalue weighted by atomic mass is 32.2. The molecule has 0 atom stereocenters. The molecule has 0 aromatic carbocycles. The lowest BCUT2D eigenvalue weighted by molar-refractivity contribution is 0.177. The Balaban J connectivity index is 2.33. The number of hydrazine groups is 1. The summed E-state index contributed by atoms with van der Waals surface area (Å²) in [7, 11) is -2.05. The third-order valence-electron chi connectivity index (χ3n) is 2.96. The van der Waals surface area contributed by atoms with Crippen LogP contribution in [0.4, 0.5) is 5.82 Å². The van der Waals surface area contributed by atoms with E-state index in [-0.39, 0.29) is 16.8 Å². The van der Waals surface area contributed by atoms with E-state index in [0.717, 1.165) is 12.8 Å². The minimum atomic E-state index is -3.60. The number of aromatic nitrogens is 1. The van der Waals surface area contributed by atoms with Crippen LogP contribution in [0.5, 0.6) is 0 Å². The molecule has 1 aliphatic carbocycles. The Labute approximate surface area is 112 Å². The molecular formula is C11H18N4O3S. The first-order valence-corrected chi connectivity index (χ1v) is 7.47. The molecule has 106 valence electrons. The van der Waals surface area contributed by atoms with Crippen LogP contribution < -0.4 is 11.3 Å². The number of nitrogens with one attached hydrogen (secondary N) is 1. The maximum absolute atomic E-state index is 12.6. The summed E-state index contributed by atoms with van der Waals surface area (Å²) in [5.74, 6) is 5.48. The van der Waals surface area contributed by atoms with Crippen molar-refractivity contribution < 1.29 is 13.2 Å². The number of ether oxygens (including phenoxy) is 1. The van der Waals surface area contributed by atoms with Gasteiger partial charge in [-0.15, -0.1) is 0 Å². The van der Waals surface area contributed by atoms with E-state index in [1.165, 1.54) is 16.6 Å². The van der Waals surface area contributed by atoms with Crippen molar-refractivity contribution in [3.05, 3.63) is 18.3 Å². The van der Waals surface area contributed by atoms with E-state index in [2.05, 4.69) is 10.4 Å². The van der Waals surface area contributed by atoms with Gasteiger partial charge in [0.05, 0.1) is 6.61 Å². The van der Waals surface area contributed by atoms with Crippen molar-refractivity contribution in [2.45, 2.75) is 23.8 Å². The topological polar surface area (TPSA) is 97.5 Å². The lowest BCUT2D eigenvalue weighted by Gasteiger charge is -2.22. The van der Waals surface area contributed by atoms with Gasteiger partial charge in [-0.05, 0) is 25.0 Å². The third-order valence-corrected chi connectivity index (χ3v) is 4.95. The molecule has 8 heteroatoms. The van der Waals surface area contributed by atoms with E-state index in [0.29, 0.717) is 13.2 Å². The summed E-state index contributed by atoms with van der Waals surface area (Å²) in [6.45, 7) is 0.698. The minimum Gasteiger partial charge on any atom is -0.383 e. The van der Waals surface area contributed by atoms with Crippen molar-refractivity contribution in [3.63, 3.8) is 0 Å². The van der Waals surface area contributed by atoms with Gasteiger partial charge in [0.2, 0.25) is 10.0 Å². The standard InChI is InChI=1S/C11H18N4O3S/c1-18-8-7-15(9-4-5-9)19(16,17)10-3-2-6-13-11(10)14-12/h2-3,6,9H,4-5,7-8,12H2,1H3,(H,13,14). The first-order chi connectivity index (χ1) is 9.11. The number of methoxy groups -OCH3 is 1. The van der Waals surface area contributed by atoms with E-state index in [9.17, 15) is 8.42 Å². The largest absolute Gasteiger partial charge is 0.383 e. The molecule has 1 aromatic rings. The Kier molecular flexibility index (Phi) is 4.35. The number of hydrogen-bond donors (Lipinski definition) is 2. The summed E-state index contributed by atoms with van der Waals surface area (Å²) in [6, 6.07) is 3.14. The Hall–Kier alpha value is -1.22. The van der Waals surface area contributed by atoms with Gasteiger partial charge in [0, 0.05) is 25.9 Å². The number of pyridine rings is 1. The van der Waals surface area contributed by atoms with Gasteiger partial charge in [-0.3, -0.25) is 0 Å². The van der Waals surface area contributed by atoms with Crippen LogP contribution in [0, 0.1) is 0 Å². The zero-order valence-corrected chi connectivity index (χ0v) is 11.6. The molecule has 0 amide bonds. The highest BCUT2D eigenvalue weighted by Gasteiger charge is 2.38. The van der Waals surface area contributed by atoms with E-state index in [4.69, 9.17) is 10.6 Å². The van der Waals surface area contributed by atoms with Gasteiger partial charge >= 0.3 is 0 Å². The number of sulfonamides is 1. The van der Waals surface area contributed by atoms with Crippen LogP contribution in [0.15, 0.2) is 23.2 Å². The van der Waals surface area contributed by atoms with Crippen LogP contribution in [0.2, 0.25) is 0 Å². The first kappa shape index (κ1) is 14.2. The van der Waals surface area contributed by atoms with Crippen molar-refractivity contribution in [1.29, 1.82) is 0 Å². The number of anilines is 1. The lowest BCUT2D eigenvalue weighted by atomic mass is 10.5. The summed E-state index contributed by atoms with van der Waals surface area (Å²) < 4.78 is 31.7. The zero-order valence-electron chi connectivity index (χ0n) is 10.7. The Morgan fingerprint density at radius 3 is 2.89 bits per heavy atom. The SMILES string of the molecule is COCCN(C1CC1)S(=O)(=O)c1cccnc1NN.